The smallest absolute Gasteiger partial charge is 0.254 e. The van der Waals surface area contributed by atoms with Crippen LogP contribution in [0, 0.1) is 0 Å². The van der Waals surface area contributed by atoms with Crippen LogP contribution in [0.25, 0.3) is 22.2 Å². The Bertz CT molecular complexity index is 979. The van der Waals surface area contributed by atoms with Crippen molar-refractivity contribution in [2.75, 3.05) is 6.54 Å². The highest BCUT2D eigenvalue weighted by atomic mass is 16.1. The first-order valence-corrected chi connectivity index (χ1v) is 9.60. The Labute approximate surface area is 159 Å². The third-order valence-electron chi connectivity index (χ3n) is 5.06. The van der Waals surface area contributed by atoms with Gasteiger partial charge in [-0.1, -0.05) is 60.2 Å². The van der Waals surface area contributed by atoms with Gasteiger partial charge in [-0.2, -0.15) is 0 Å². The molecule has 0 atom stereocenters. The van der Waals surface area contributed by atoms with E-state index < -0.39 is 0 Å². The van der Waals surface area contributed by atoms with Crippen LogP contribution in [-0.2, 0) is 0 Å². The Hall–Kier alpha value is -3.01. The Morgan fingerprint density at radius 3 is 2.59 bits per heavy atom. The maximum absolute atomic E-state index is 13.1. The highest BCUT2D eigenvalue weighted by molar-refractivity contribution is 6.10. The van der Waals surface area contributed by atoms with Crippen molar-refractivity contribution in [1.29, 1.82) is 0 Å². The summed E-state index contributed by atoms with van der Waals surface area (Å²) in [7, 11) is 0. The lowest BCUT2D eigenvalue weighted by Gasteiger charge is -2.14. The molecule has 1 amide bonds. The molecule has 0 radical (unpaired) electrons. The molecule has 136 valence electrons. The number of hydrogen-bond acceptors (Lipinski definition) is 3. The summed E-state index contributed by atoms with van der Waals surface area (Å²) in [6.07, 6.45) is 8.12. The van der Waals surface area contributed by atoms with Gasteiger partial charge in [-0.25, -0.2) is 0 Å². The molecule has 27 heavy (non-hydrogen) atoms. The van der Waals surface area contributed by atoms with Crippen LogP contribution >= 0.6 is 0 Å². The summed E-state index contributed by atoms with van der Waals surface area (Å²) in [5.74, 6) is -0.0867. The summed E-state index contributed by atoms with van der Waals surface area (Å²) in [5, 5.41) is 12.6. The molecule has 1 N–H and O–H groups in total. The Balaban J connectivity index is 1.64. The average molecular weight is 357 g/mol. The first kappa shape index (κ1) is 17.4. The van der Waals surface area contributed by atoms with Gasteiger partial charge >= 0.3 is 0 Å². The SMILES string of the molecule is O=C(NCCC1=CCCCC1)c1c(-c2ccccc2)nnc2ccccc12. The Kier molecular flexibility index (Phi) is 5.24. The van der Waals surface area contributed by atoms with Crippen molar-refractivity contribution in [2.45, 2.75) is 32.1 Å². The van der Waals surface area contributed by atoms with E-state index in [1.807, 2.05) is 54.6 Å². The number of benzene rings is 2. The first-order valence-electron chi connectivity index (χ1n) is 9.60. The van der Waals surface area contributed by atoms with Crippen molar-refractivity contribution < 1.29 is 4.79 Å². The number of aromatic nitrogens is 2. The number of nitrogens with one attached hydrogen (secondary N) is 1. The number of nitrogens with zero attached hydrogens (tertiary/aromatic N) is 2. The van der Waals surface area contributed by atoms with Crippen LogP contribution in [0.15, 0.2) is 66.2 Å². The van der Waals surface area contributed by atoms with E-state index in [4.69, 9.17) is 0 Å². The van der Waals surface area contributed by atoms with Crippen LogP contribution in [0.5, 0.6) is 0 Å². The number of fused-ring (bicyclic) bond motifs is 1. The highest BCUT2D eigenvalue weighted by Crippen LogP contribution is 2.27. The number of carbonyl (C=O) groups is 1. The quantitative estimate of drug-likeness (QED) is 0.660. The van der Waals surface area contributed by atoms with E-state index in [2.05, 4.69) is 21.6 Å². The minimum atomic E-state index is -0.0867. The van der Waals surface area contributed by atoms with Crippen LogP contribution in [0.1, 0.15) is 42.5 Å². The zero-order chi connectivity index (χ0) is 18.5. The van der Waals surface area contributed by atoms with Gasteiger partial charge in [-0.05, 0) is 38.2 Å². The van der Waals surface area contributed by atoms with Crippen molar-refractivity contribution in [3.63, 3.8) is 0 Å². The fraction of sp³-hybridized carbons (Fsp3) is 0.261. The number of allylic oxidation sites excluding steroid dienone is 1. The minimum Gasteiger partial charge on any atom is -0.352 e. The molecule has 0 unspecified atom stereocenters. The molecule has 4 heteroatoms. The number of amides is 1. The average Bonchev–Trinajstić information content (AvgIpc) is 2.74. The molecule has 1 heterocycles. The molecule has 0 fully saturated rings. The van der Waals surface area contributed by atoms with E-state index in [1.54, 1.807) is 0 Å². The van der Waals surface area contributed by atoms with Gasteiger partial charge in [0, 0.05) is 17.5 Å². The number of rotatable bonds is 5. The molecular weight excluding hydrogens is 334 g/mol. The second-order valence-electron chi connectivity index (χ2n) is 6.92. The van der Waals surface area contributed by atoms with Crippen LogP contribution in [0.3, 0.4) is 0 Å². The van der Waals surface area contributed by atoms with Crippen molar-refractivity contribution in [1.82, 2.24) is 15.5 Å². The van der Waals surface area contributed by atoms with Crippen molar-refractivity contribution >= 4 is 16.8 Å². The molecule has 4 rings (SSSR count). The number of carbonyl (C=O) groups excluding carboxylic acids is 1. The van der Waals surface area contributed by atoms with Gasteiger partial charge < -0.3 is 5.32 Å². The molecule has 2 aromatic carbocycles. The van der Waals surface area contributed by atoms with Gasteiger partial charge in [0.05, 0.1) is 11.1 Å². The van der Waals surface area contributed by atoms with Gasteiger partial charge in [0.2, 0.25) is 0 Å². The lowest BCUT2D eigenvalue weighted by molar-refractivity contribution is 0.0956. The molecule has 0 saturated heterocycles. The van der Waals surface area contributed by atoms with Gasteiger partial charge in [0.25, 0.3) is 5.91 Å². The first-order chi connectivity index (χ1) is 13.3. The van der Waals surface area contributed by atoms with E-state index in [9.17, 15) is 4.79 Å². The lowest BCUT2D eigenvalue weighted by Crippen LogP contribution is -2.26. The summed E-state index contributed by atoms with van der Waals surface area (Å²) in [6, 6.07) is 17.4. The molecule has 3 aromatic rings. The van der Waals surface area contributed by atoms with Crippen LogP contribution in [0.2, 0.25) is 0 Å². The van der Waals surface area contributed by atoms with E-state index in [0.29, 0.717) is 17.8 Å². The topological polar surface area (TPSA) is 54.9 Å². The third-order valence-corrected chi connectivity index (χ3v) is 5.06. The molecule has 4 nitrogen and oxygen atoms in total. The van der Waals surface area contributed by atoms with E-state index in [1.165, 1.54) is 24.8 Å². The number of hydrogen-bond donors (Lipinski definition) is 1. The molecule has 0 bridgehead atoms. The molecule has 1 aliphatic carbocycles. The predicted molar refractivity (Wildman–Crippen MR) is 108 cm³/mol. The summed E-state index contributed by atoms with van der Waals surface area (Å²) in [4.78, 5) is 13.1. The summed E-state index contributed by atoms with van der Waals surface area (Å²) in [5.41, 5.74) is 4.32. The zero-order valence-corrected chi connectivity index (χ0v) is 15.3. The predicted octanol–water partition coefficient (Wildman–Crippen LogP) is 4.92. The summed E-state index contributed by atoms with van der Waals surface area (Å²) < 4.78 is 0. The second-order valence-corrected chi connectivity index (χ2v) is 6.92. The molecular formula is C23H23N3O. The Morgan fingerprint density at radius 1 is 0.963 bits per heavy atom. The highest BCUT2D eigenvalue weighted by Gasteiger charge is 2.19. The third kappa shape index (κ3) is 3.90. The van der Waals surface area contributed by atoms with Crippen molar-refractivity contribution in [3.05, 3.63) is 71.8 Å². The van der Waals surface area contributed by atoms with Gasteiger partial charge in [0.1, 0.15) is 5.69 Å². The maximum Gasteiger partial charge on any atom is 0.254 e. The van der Waals surface area contributed by atoms with Crippen LogP contribution in [0.4, 0.5) is 0 Å². The van der Waals surface area contributed by atoms with Crippen LogP contribution in [-0.4, -0.2) is 22.6 Å². The minimum absolute atomic E-state index is 0.0867. The van der Waals surface area contributed by atoms with E-state index in [0.717, 1.165) is 29.3 Å². The van der Waals surface area contributed by atoms with Crippen LogP contribution < -0.4 is 5.32 Å². The second kappa shape index (κ2) is 8.12. The molecule has 0 saturated carbocycles. The van der Waals surface area contributed by atoms with Crippen molar-refractivity contribution in [2.24, 2.45) is 0 Å². The lowest BCUT2D eigenvalue weighted by atomic mass is 9.97. The van der Waals surface area contributed by atoms with E-state index in [-0.39, 0.29) is 5.91 Å². The monoisotopic (exact) mass is 357 g/mol. The zero-order valence-electron chi connectivity index (χ0n) is 15.3. The molecule has 1 aliphatic rings. The van der Waals surface area contributed by atoms with Gasteiger partial charge in [-0.3, -0.25) is 4.79 Å². The normalized spacial score (nSPS) is 14.0. The standard InChI is InChI=1S/C23H23N3O/c27-23(24-16-15-17-9-3-1-4-10-17)21-19-13-7-8-14-20(19)25-26-22(21)18-11-5-2-6-12-18/h2,5-9,11-14H,1,3-4,10,15-16H2,(H,24,27). The molecule has 0 spiro atoms. The molecule has 0 aliphatic heterocycles. The largest absolute Gasteiger partial charge is 0.352 e. The van der Waals surface area contributed by atoms with E-state index >= 15 is 0 Å². The van der Waals surface area contributed by atoms with Gasteiger partial charge in [0.15, 0.2) is 0 Å². The fourth-order valence-electron chi connectivity index (χ4n) is 3.64. The Morgan fingerprint density at radius 2 is 1.78 bits per heavy atom. The maximum atomic E-state index is 13.1. The molecule has 1 aromatic heterocycles. The fourth-order valence-corrected chi connectivity index (χ4v) is 3.64. The summed E-state index contributed by atoms with van der Waals surface area (Å²) >= 11 is 0. The summed E-state index contributed by atoms with van der Waals surface area (Å²) in [6.45, 7) is 0.648. The van der Waals surface area contributed by atoms with Gasteiger partial charge in [-0.15, -0.1) is 10.2 Å². The van der Waals surface area contributed by atoms with Crippen molar-refractivity contribution in [3.8, 4) is 11.3 Å².